The van der Waals surface area contributed by atoms with Gasteiger partial charge in [0.2, 0.25) is 0 Å². The smallest absolute Gasteiger partial charge is 0.0701 e. The van der Waals surface area contributed by atoms with Crippen molar-refractivity contribution >= 4 is 0 Å². The molecule has 0 aliphatic rings. The zero-order valence-corrected chi connectivity index (χ0v) is 52.1. The Morgan fingerprint density at radius 1 is 0.133 bits per heavy atom. The van der Waals surface area contributed by atoms with Crippen LogP contribution in [-0.4, -0.2) is 302 Å². The molecule has 0 aromatic rings. The highest BCUT2D eigenvalue weighted by molar-refractivity contribution is 4.50. The number of unbranched alkanes of at least 4 members (excludes halogenated alkanes) is 13. The second kappa shape index (κ2) is 81.1. The number of ether oxygens (including phenoxy) is 22. The van der Waals surface area contributed by atoms with Gasteiger partial charge in [-0.05, 0) is 6.42 Å². The normalized spacial score (nSPS) is 11.8. The lowest BCUT2D eigenvalue weighted by molar-refractivity contribution is -0.0318. The first-order valence-electron chi connectivity index (χ1n) is 31.7. The van der Waals surface area contributed by atoms with E-state index in [1.54, 1.807) is 0 Å². The van der Waals surface area contributed by atoms with E-state index >= 15 is 0 Å². The van der Waals surface area contributed by atoms with Crippen molar-refractivity contribution in [1.82, 2.24) is 0 Å². The van der Waals surface area contributed by atoms with Crippen LogP contribution >= 0.6 is 0 Å². The molecule has 0 saturated carbocycles. The van der Waals surface area contributed by atoms with Crippen LogP contribution in [-0.2, 0) is 104 Å². The minimum Gasteiger partial charge on any atom is -0.394 e. The third kappa shape index (κ3) is 81.1. The van der Waals surface area contributed by atoms with Crippen molar-refractivity contribution in [3.63, 3.8) is 0 Å². The van der Waals surface area contributed by atoms with E-state index in [1.165, 1.54) is 83.5 Å². The first-order chi connectivity index (χ1) is 41.4. The van der Waals surface area contributed by atoms with E-state index in [-0.39, 0.29) is 6.61 Å². The molecule has 0 heterocycles. The van der Waals surface area contributed by atoms with Crippen LogP contribution in [0.4, 0.5) is 0 Å². The van der Waals surface area contributed by atoms with Gasteiger partial charge in [0, 0.05) is 6.61 Å². The molecule has 500 valence electrons. The molecule has 0 aromatic heterocycles. The fourth-order valence-electron chi connectivity index (χ4n) is 7.18. The number of hydrogen-bond donors (Lipinski definition) is 1. The van der Waals surface area contributed by atoms with E-state index in [9.17, 15) is 0 Å². The van der Waals surface area contributed by atoms with Crippen LogP contribution in [0.1, 0.15) is 96.8 Å². The minimum absolute atomic E-state index is 0.0193. The van der Waals surface area contributed by atoms with Crippen LogP contribution in [0.25, 0.3) is 0 Å². The minimum atomic E-state index is 0.0193. The predicted octanol–water partition coefficient (Wildman–Crippen LogP) is 5.83. The molecule has 0 spiro atoms. The highest BCUT2D eigenvalue weighted by Gasteiger charge is 2.01. The van der Waals surface area contributed by atoms with Crippen molar-refractivity contribution in [1.29, 1.82) is 0 Å². The van der Waals surface area contributed by atoms with Crippen molar-refractivity contribution in [2.75, 3.05) is 297 Å². The van der Waals surface area contributed by atoms with Crippen LogP contribution in [0.3, 0.4) is 0 Å². The summed E-state index contributed by atoms with van der Waals surface area (Å²) in [6.07, 6.45) is 19.2. The molecule has 1 N–H and O–H groups in total. The molecule has 0 unspecified atom stereocenters. The van der Waals surface area contributed by atoms with Gasteiger partial charge in [0.15, 0.2) is 0 Å². The monoisotopic (exact) mass is 1210 g/mol. The van der Waals surface area contributed by atoms with Crippen LogP contribution in [0.5, 0.6) is 0 Å². The van der Waals surface area contributed by atoms with Crippen molar-refractivity contribution in [3.05, 3.63) is 0 Å². The Morgan fingerprint density at radius 3 is 0.373 bits per heavy atom. The van der Waals surface area contributed by atoms with Crippen LogP contribution in [0.15, 0.2) is 0 Å². The van der Waals surface area contributed by atoms with Gasteiger partial charge < -0.3 is 109 Å². The summed E-state index contributed by atoms with van der Waals surface area (Å²) < 4.78 is 121. The van der Waals surface area contributed by atoms with E-state index in [1.807, 2.05) is 0 Å². The number of hydrogen-bond acceptors (Lipinski definition) is 23. The lowest BCUT2D eigenvalue weighted by Gasteiger charge is -2.09. The summed E-state index contributed by atoms with van der Waals surface area (Å²) in [5.41, 5.74) is 0. The molecule has 0 amide bonds. The summed E-state index contributed by atoms with van der Waals surface area (Å²) in [6.45, 7) is 24.6. The summed E-state index contributed by atoms with van der Waals surface area (Å²) in [6, 6.07) is 0. The van der Waals surface area contributed by atoms with E-state index < -0.39 is 0 Å². The van der Waals surface area contributed by atoms with Crippen molar-refractivity contribution in [2.24, 2.45) is 0 Å². The van der Waals surface area contributed by atoms with Gasteiger partial charge in [0.25, 0.3) is 0 Å². The molecule has 0 aliphatic heterocycles. The first kappa shape index (κ1) is 82.1. The predicted molar refractivity (Wildman–Crippen MR) is 315 cm³/mol. The average molecular weight is 1210 g/mol. The maximum atomic E-state index is 8.61. The lowest BCUT2D eigenvalue weighted by Crippen LogP contribution is -2.16. The van der Waals surface area contributed by atoms with Crippen molar-refractivity contribution < 1.29 is 109 Å². The quantitative estimate of drug-likeness (QED) is 0.0708. The Hall–Kier alpha value is -0.920. The Bertz CT molecular complexity index is 1020. The van der Waals surface area contributed by atoms with Gasteiger partial charge in [0.05, 0.1) is 291 Å². The maximum Gasteiger partial charge on any atom is 0.0701 e. The van der Waals surface area contributed by atoms with E-state index in [4.69, 9.17) is 109 Å². The zero-order chi connectivity index (χ0) is 59.3. The molecule has 0 rings (SSSR count). The molecule has 0 bridgehead atoms. The molecular weight excluding hydrogens is 1090 g/mol. The van der Waals surface area contributed by atoms with Crippen LogP contribution in [0, 0.1) is 0 Å². The second-order valence-corrected chi connectivity index (χ2v) is 18.8. The van der Waals surface area contributed by atoms with Crippen LogP contribution < -0.4 is 0 Å². The molecule has 0 radical (unpaired) electrons. The van der Waals surface area contributed by atoms with E-state index in [2.05, 4.69) is 6.92 Å². The molecule has 23 heteroatoms. The molecule has 23 nitrogen and oxygen atoms in total. The average Bonchev–Trinajstić information content (AvgIpc) is 3.49. The van der Waals surface area contributed by atoms with Gasteiger partial charge in [-0.15, -0.1) is 0 Å². The van der Waals surface area contributed by atoms with E-state index in [0.29, 0.717) is 284 Å². The Kier molecular flexibility index (Phi) is 80.2. The first-order valence-corrected chi connectivity index (χ1v) is 31.7. The Balaban J connectivity index is 3.08. The highest BCUT2D eigenvalue weighted by atomic mass is 16.6. The molecule has 0 atom stereocenters. The second-order valence-electron chi connectivity index (χ2n) is 18.8. The molecule has 0 aliphatic carbocycles. The molecule has 83 heavy (non-hydrogen) atoms. The lowest BCUT2D eigenvalue weighted by atomic mass is 10.0. The third-order valence-corrected chi connectivity index (χ3v) is 11.7. The summed E-state index contributed by atoms with van der Waals surface area (Å²) in [5, 5.41) is 8.61. The summed E-state index contributed by atoms with van der Waals surface area (Å²) in [4.78, 5) is 0. The molecule has 0 aromatic carbocycles. The maximum absolute atomic E-state index is 8.61. The molecule has 0 fully saturated rings. The number of rotatable bonds is 80. The standard InChI is InChI=1S/C60H122O23/c1-2-3-4-5-6-7-8-9-10-11-12-13-14-15-17-62-19-21-64-23-25-66-27-29-68-31-33-70-35-37-72-39-41-74-43-45-76-47-49-78-51-53-80-55-57-82-59-60-83-58-56-81-54-52-79-50-48-77-46-44-75-42-40-73-38-36-71-34-32-69-30-28-67-26-24-65-22-20-63-18-16-61/h61H,2-60H2,1H3. The summed E-state index contributed by atoms with van der Waals surface area (Å²) >= 11 is 0. The van der Waals surface area contributed by atoms with Crippen molar-refractivity contribution in [2.45, 2.75) is 96.8 Å². The Labute approximate surface area is 502 Å². The van der Waals surface area contributed by atoms with Crippen molar-refractivity contribution in [3.8, 4) is 0 Å². The summed E-state index contributed by atoms with van der Waals surface area (Å²) in [5.74, 6) is 0. The topological polar surface area (TPSA) is 223 Å². The SMILES string of the molecule is CCCCCCCCCCCCCCCCOCCOCCOCCOCCOCCOCCOCCOCCOCCOCCOCCOCCOCCOCCOCCOCCOCCOCCOCCOCCOCCOCCO. The molecule has 0 saturated heterocycles. The zero-order valence-electron chi connectivity index (χ0n) is 52.1. The fourth-order valence-corrected chi connectivity index (χ4v) is 7.18. The van der Waals surface area contributed by atoms with Gasteiger partial charge in [0.1, 0.15) is 0 Å². The highest BCUT2D eigenvalue weighted by Crippen LogP contribution is 2.13. The van der Waals surface area contributed by atoms with Gasteiger partial charge in [-0.2, -0.15) is 0 Å². The third-order valence-electron chi connectivity index (χ3n) is 11.7. The van der Waals surface area contributed by atoms with Gasteiger partial charge >= 0.3 is 0 Å². The number of aliphatic hydroxyl groups excluding tert-OH is 1. The van der Waals surface area contributed by atoms with Gasteiger partial charge in [-0.1, -0.05) is 90.4 Å². The largest absolute Gasteiger partial charge is 0.394 e. The van der Waals surface area contributed by atoms with Crippen LogP contribution in [0.2, 0.25) is 0 Å². The van der Waals surface area contributed by atoms with Gasteiger partial charge in [-0.25, -0.2) is 0 Å². The molecular formula is C60H122O23. The fraction of sp³-hybridized carbons (Fsp3) is 1.00. The van der Waals surface area contributed by atoms with E-state index in [0.717, 1.165) is 13.0 Å². The summed E-state index contributed by atoms with van der Waals surface area (Å²) in [7, 11) is 0. The Morgan fingerprint density at radius 2 is 0.241 bits per heavy atom. The number of aliphatic hydroxyl groups is 1. The van der Waals surface area contributed by atoms with Gasteiger partial charge in [-0.3, -0.25) is 0 Å².